The van der Waals surface area contributed by atoms with Gasteiger partial charge in [-0.2, -0.15) is 10.2 Å². The van der Waals surface area contributed by atoms with Crippen molar-refractivity contribution in [2.45, 2.75) is 47.2 Å². The van der Waals surface area contributed by atoms with Gasteiger partial charge in [0.1, 0.15) is 12.4 Å². The monoisotopic (exact) mass is 402 g/mol. The summed E-state index contributed by atoms with van der Waals surface area (Å²) in [7, 11) is 0. The topological polar surface area (TPSA) is 77.6 Å². The maximum Gasteiger partial charge on any atom is 0.247 e. The molecule has 0 spiro atoms. The van der Waals surface area contributed by atoms with E-state index < -0.39 is 0 Å². The van der Waals surface area contributed by atoms with Crippen LogP contribution in [0.2, 0.25) is 0 Å². The van der Waals surface area contributed by atoms with Gasteiger partial charge in [-0.15, -0.1) is 0 Å². The maximum absolute atomic E-state index is 12.8. The zero-order valence-corrected chi connectivity index (χ0v) is 17.8. The molecule has 0 atom stereocenters. The Labute approximate surface area is 175 Å². The van der Waals surface area contributed by atoms with Crippen molar-refractivity contribution < 1.29 is 4.79 Å². The van der Waals surface area contributed by atoms with Crippen molar-refractivity contribution in [3.8, 4) is 11.1 Å². The first kappa shape index (κ1) is 19.8. The molecule has 1 N–H and O–H groups in total. The van der Waals surface area contributed by atoms with Crippen molar-refractivity contribution in [2.24, 2.45) is 0 Å². The Bertz CT molecular complexity index is 1220. The molecule has 1 aromatic carbocycles. The summed E-state index contributed by atoms with van der Waals surface area (Å²) in [6.07, 6.45) is 2.72. The Morgan fingerprint density at radius 1 is 1.07 bits per heavy atom. The molecule has 0 aliphatic carbocycles. The molecule has 30 heavy (non-hydrogen) atoms. The van der Waals surface area contributed by atoms with Crippen LogP contribution in [-0.2, 0) is 17.9 Å². The van der Waals surface area contributed by atoms with Crippen LogP contribution in [-0.4, -0.2) is 30.5 Å². The third kappa shape index (κ3) is 3.83. The zero-order valence-electron chi connectivity index (χ0n) is 17.8. The average Bonchev–Trinajstić information content (AvgIpc) is 3.21. The number of fused-ring (bicyclic) bond motifs is 1. The highest BCUT2D eigenvalue weighted by Gasteiger charge is 2.17. The Balaban J connectivity index is 1.64. The number of hydrogen-bond acceptors (Lipinski definition) is 4. The normalized spacial score (nSPS) is 11.2. The van der Waals surface area contributed by atoms with Crippen LogP contribution in [0.4, 0.5) is 5.82 Å². The first-order valence-corrected chi connectivity index (χ1v) is 10.2. The number of aryl methyl sites for hydroxylation is 4. The molecule has 0 aliphatic rings. The van der Waals surface area contributed by atoms with E-state index in [2.05, 4.69) is 52.5 Å². The van der Waals surface area contributed by atoms with Crippen molar-refractivity contribution in [2.75, 3.05) is 5.32 Å². The number of rotatable bonds is 6. The Morgan fingerprint density at radius 2 is 1.90 bits per heavy atom. The highest BCUT2D eigenvalue weighted by atomic mass is 16.2. The number of carbonyl (C=O) groups is 1. The van der Waals surface area contributed by atoms with Gasteiger partial charge in [-0.05, 0) is 44.4 Å². The number of nitrogens with one attached hydrogen (secondary N) is 1. The molecule has 3 heterocycles. The molecule has 4 rings (SSSR count). The number of pyridine rings is 1. The fraction of sp³-hybridized carbons (Fsp3) is 0.304. The van der Waals surface area contributed by atoms with Crippen LogP contribution in [0.1, 0.15) is 30.3 Å². The number of benzene rings is 1. The SMILES string of the molecule is CCCn1nc(C)cc1NC(=O)Cn1nc(C)c2c(-c3cccc(C)c3)ccnc21. The lowest BCUT2D eigenvalue weighted by molar-refractivity contribution is -0.116. The van der Waals surface area contributed by atoms with Crippen molar-refractivity contribution >= 4 is 22.8 Å². The van der Waals surface area contributed by atoms with Crippen LogP contribution < -0.4 is 5.32 Å². The number of anilines is 1. The minimum atomic E-state index is -0.153. The molecular formula is C23H26N6O. The summed E-state index contributed by atoms with van der Waals surface area (Å²) in [5.41, 5.74) is 5.83. The maximum atomic E-state index is 12.8. The number of amides is 1. The fourth-order valence-corrected chi connectivity index (χ4v) is 3.79. The average molecular weight is 403 g/mol. The molecule has 0 bridgehead atoms. The molecule has 0 saturated carbocycles. The lowest BCUT2D eigenvalue weighted by atomic mass is 10.0. The van der Waals surface area contributed by atoms with Crippen molar-refractivity contribution in [3.05, 3.63) is 59.5 Å². The summed E-state index contributed by atoms with van der Waals surface area (Å²) in [5, 5.41) is 13.0. The molecule has 1 amide bonds. The molecule has 0 radical (unpaired) electrons. The molecule has 4 aromatic rings. The quantitative estimate of drug-likeness (QED) is 0.522. The Kier molecular flexibility index (Phi) is 5.35. The van der Waals surface area contributed by atoms with Crippen LogP contribution in [0.15, 0.2) is 42.6 Å². The summed E-state index contributed by atoms with van der Waals surface area (Å²) < 4.78 is 3.50. The standard InChI is InChI=1S/C23H26N6O/c1-5-11-28-20(13-16(3)26-28)25-21(30)14-29-23-22(17(4)27-29)19(9-10-24-23)18-8-6-7-15(2)12-18/h6-10,12-13H,5,11,14H2,1-4H3,(H,25,30). The van der Waals surface area contributed by atoms with E-state index in [0.717, 1.165) is 40.9 Å². The molecule has 0 saturated heterocycles. The second-order valence-corrected chi connectivity index (χ2v) is 7.61. The van der Waals surface area contributed by atoms with E-state index in [1.165, 1.54) is 5.56 Å². The van der Waals surface area contributed by atoms with E-state index in [-0.39, 0.29) is 12.5 Å². The fourth-order valence-electron chi connectivity index (χ4n) is 3.79. The van der Waals surface area contributed by atoms with Crippen LogP contribution >= 0.6 is 0 Å². The molecule has 154 valence electrons. The van der Waals surface area contributed by atoms with E-state index in [4.69, 9.17) is 0 Å². The largest absolute Gasteiger partial charge is 0.309 e. The van der Waals surface area contributed by atoms with Gasteiger partial charge < -0.3 is 5.32 Å². The molecule has 3 aromatic heterocycles. The predicted molar refractivity (Wildman–Crippen MR) is 118 cm³/mol. The van der Waals surface area contributed by atoms with Crippen molar-refractivity contribution in [1.29, 1.82) is 0 Å². The van der Waals surface area contributed by atoms with Gasteiger partial charge in [0.2, 0.25) is 5.91 Å². The van der Waals surface area contributed by atoms with Crippen molar-refractivity contribution in [1.82, 2.24) is 24.5 Å². The zero-order chi connectivity index (χ0) is 21.3. The molecule has 0 aliphatic heterocycles. The first-order chi connectivity index (χ1) is 14.5. The third-order valence-corrected chi connectivity index (χ3v) is 5.04. The number of nitrogens with zero attached hydrogens (tertiary/aromatic N) is 5. The van der Waals surface area contributed by atoms with Crippen LogP contribution in [0.3, 0.4) is 0 Å². The predicted octanol–water partition coefficient (Wildman–Crippen LogP) is 4.27. The lowest BCUT2D eigenvalue weighted by Crippen LogP contribution is -2.21. The van der Waals surface area contributed by atoms with Gasteiger partial charge in [-0.3, -0.25) is 4.79 Å². The second-order valence-electron chi connectivity index (χ2n) is 7.61. The van der Waals surface area contributed by atoms with Gasteiger partial charge in [0, 0.05) is 24.2 Å². The van der Waals surface area contributed by atoms with Crippen molar-refractivity contribution in [3.63, 3.8) is 0 Å². The second kappa shape index (κ2) is 8.10. The first-order valence-electron chi connectivity index (χ1n) is 10.2. The summed E-state index contributed by atoms with van der Waals surface area (Å²) in [6.45, 7) is 8.88. The van der Waals surface area contributed by atoms with E-state index in [1.807, 2.05) is 36.7 Å². The van der Waals surface area contributed by atoms with Gasteiger partial charge in [0.25, 0.3) is 0 Å². The van der Waals surface area contributed by atoms with Gasteiger partial charge >= 0.3 is 0 Å². The van der Waals surface area contributed by atoms with Gasteiger partial charge in [-0.25, -0.2) is 14.3 Å². The van der Waals surface area contributed by atoms with E-state index in [0.29, 0.717) is 11.5 Å². The molecule has 7 nitrogen and oxygen atoms in total. The number of hydrogen-bond donors (Lipinski definition) is 1. The van der Waals surface area contributed by atoms with E-state index in [9.17, 15) is 4.79 Å². The van der Waals surface area contributed by atoms with Gasteiger partial charge in [-0.1, -0.05) is 36.8 Å². The number of aromatic nitrogens is 5. The summed E-state index contributed by atoms with van der Waals surface area (Å²) in [4.78, 5) is 17.3. The third-order valence-electron chi connectivity index (χ3n) is 5.04. The summed E-state index contributed by atoms with van der Waals surface area (Å²) in [6, 6.07) is 12.2. The highest BCUT2D eigenvalue weighted by Crippen LogP contribution is 2.30. The van der Waals surface area contributed by atoms with Crippen LogP contribution in [0.25, 0.3) is 22.2 Å². The molecule has 0 fully saturated rings. The minimum absolute atomic E-state index is 0.0883. The Hall–Kier alpha value is -3.48. The van der Waals surface area contributed by atoms with Crippen LogP contribution in [0, 0.1) is 20.8 Å². The summed E-state index contributed by atoms with van der Waals surface area (Å²) in [5.74, 6) is 0.556. The number of carbonyl (C=O) groups excluding carboxylic acids is 1. The lowest BCUT2D eigenvalue weighted by Gasteiger charge is -2.09. The highest BCUT2D eigenvalue weighted by molar-refractivity contribution is 5.96. The minimum Gasteiger partial charge on any atom is -0.309 e. The Morgan fingerprint density at radius 3 is 2.67 bits per heavy atom. The van der Waals surface area contributed by atoms with E-state index in [1.54, 1.807) is 10.9 Å². The molecule has 7 heteroatoms. The smallest absolute Gasteiger partial charge is 0.247 e. The molecule has 0 unspecified atom stereocenters. The van der Waals surface area contributed by atoms with Gasteiger partial charge in [0.15, 0.2) is 5.65 Å². The summed E-state index contributed by atoms with van der Waals surface area (Å²) >= 11 is 0. The van der Waals surface area contributed by atoms with Crippen LogP contribution in [0.5, 0.6) is 0 Å². The van der Waals surface area contributed by atoms with Gasteiger partial charge in [0.05, 0.1) is 11.4 Å². The molecular weight excluding hydrogens is 376 g/mol. The van der Waals surface area contributed by atoms with E-state index >= 15 is 0 Å².